The second-order valence-electron chi connectivity index (χ2n) is 12.7. The lowest BCUT2D eigenvalue weighted by molar-refractivity contribution is -0.232. The molecular weight excluding hydrogens is 624 g/mol. The van der Waals surface area contributed by atoms with Gasteiger partial charge in [0, 0.05) is 22.6 Å². The standard InChI is InChI=1S/C36H32O12/c1-13-8-16-24(35-34(46)33(45)30(42)23(12-37)48-35)15-6-7-18(29(41)26(15)31(43)25(16)21(39)10-13)36(47)17-4-3-5-20(38)27(17)32(44)28-19(36)9-14(2)11-22(28)40/h3-11,23-24,30,33-35,37-42,45-47H,12H2,1-2H3/t23-,24-,30-,33+,34-,35+,36-/m1/s1. The van der Waals surface area contributed by atoms with E-state index in [1.807, 2.05) is 0 Å². The number of rotatable bonds is 3. The number of ketones is 2. The molecule has 7 rings (SSSR count). The van der Waals surface area contributed by atoms with Crippen LogP contribution in [0.15, 0.2) is 54.6 Å². The fourth-order valence-corrected chi connectivity index (χ4v) is 7.67. The van der Waals surface area contributed by atoms with Crippen LogP contribution in [0.3, 0.4) is 0 Å². The van der Waals surface area contributed by atoms with Crippen molar-refractivity contribution in [1.29, 1.82) is 0 Å². The number of benzene rings is 4. The quantitative estimate of drug-likeness (QED) is 0.153. The van der Waals surface area contributed by atoms with Crippen LogP contribution in [0.2, 0.25) is 0 Å². The average Bonchev–Trinajstić information content (AvgIpc) is 3.02. The van der Waals surface area contributed by atoms with Gasteiger partial charge in [-0.1, -0.05) is 36.4 Å². The molecule has 4 aromatic rings. The second kappa shape index (κ2) is 10.9. The molecule has 1 heterocycles. The molecule has 0 unspecified atom stereocenters. The smallest absolute Gasteiger partial charge is 0.201 e. The Balaban J connectivity index is 1.53. The number of hydrogen-bond acceptors (Lipinski definition) is 12. The van der Waals surface area contributed by atoms with Crippen molar-refractivity contribution in [1.82, 2.24) is 0 Å². The van der Waals surface area contributed by atoms with Crippen molar-refractivity contribution in [2.75, 3.05) is 6.61 Å². The summed E-state index contributed by atoms with van der Waals surface area (Å²) in [6, 6.07) is 12.3. The van der Waals surface area contributed by atoms with Crippen LogP contribution < -0.4 is 0 Å². The number of ether oxygens (including phenoxy) is 1. The van der Waals surface area contributed by atoms with Gasteiger partial charge in [-0.3, -0.25) is 9.59 Å². The number of aromatic hydroxyl groups is 4. The summed E-state index contributed by atoms with van der Waals surface area (Å²) in [6.07, 6.45) is -7.92. The first kappa shape index (κ1) is 31.8. The van der Waals surface area contributed by atoms with Gasteiger partial charge in [0.05, 0.1) is 35.0 Å². The minimum absolute atomic E-state index is 0.0713. The minimum Gasteiger partial charge on any atom is -0.507 e. The molecule has 1 saturated heterocycles. The summed E-state index contributed by atoms with van der Waals surface area (Å²) in [7, 11) is 0. The number of aliphatic hydroxyl groups is 5. The molecule has 48 heavy (non-hydrogen) atoms. The van der Waals surface area contributed by atoms with E-state index in [4.69, 9.17) is 4.74 Å². The van der Waals surface area contributed by atoms with E-state index >= 15 is 0 Å². The van der Waals surface area contributed by atoms with Gasteiger partial charge in [0.25, 0.3) is 0 Å². The normalized spacial score (nSPS) is 27.6. The maximum absolute atomic E-state index is 14.3. The van der Waals surface area contributed by atoms with Gasteiger partial charge < -0.3 is 50.7 Å². The van der Waals surface area contributed by atoms with Crippen molar-refractivity contribution in [3.8, 4) is 23.0 Å². The molecule has 2 aliphatic carbocycles. The first-order valence-electron chi connectivity index (χ1n) is 15.2. The zero-order valence-corrected chi connectivity index (χ0v) is 25.6. The molecule has 9 N–H and O–H groups in total. The molecule has 3 aliphatic rings. The topological polar surface area (TPSA) is 225 Å². The third-order valence-electron chi connectivity index (χ3n) is 9.81. The van der Waals surface area contributed by atoms with Crippen LogP contribution in [0.1, 0.15) is 76.7 Å². The Kier molecular flexibility index (Phi) is 7.18. The van der Waals surface area contributed by atoms with Gasteiger partial charge >= 0.3 is 0 Å². The molecule has 1 fully saturated rings. The van der Waals surface area contributed by atoms with Crippen LogP contribution in [0.4, 0.5) is 0 Å². The number of carbonyl (C=O) groups excluding carboxylic acids is 2. The van der Waals surface area contributed by atoms with E-state index in [0.717, 1.165) is 0 Å². The van der Waals surface area contributed by atoms with Gasteiger partial charge in [-0.2, -0.15) is 0 Å². The monoisotopic (exact) mass is 656 g/mol. The fraction of sp³-hybridized carbons (Fsp3) is 0.278. The minimum atomic E-state index is -2.42. The van der Waals surface area contributed by atoms with Crippen LogP contribution in [0.25, 0.3) is 0 Å². The summed E-state index contributed by atoms with van der Waals surface area (Å²) in [5.74, 6) is -4.98. The van der Waals surface area contributed by atoms with E-state index in [-0.39, 0.29) is 44.5 Å². The van der Waals surface area contributed by atoms with E-state index < -0.39 is 88.8 Å². The van der Waals surface area contributed by atoms with E-state index in [1.54, 1.807) is 19.9 Å². The molecule has 4 aromatic carbocycles. The molecule has 12 heteroatoms. The maximum Gasteiger partial charge on any atom is 0.201 e. The zero-order chi connectivity index (χ0) is 34.6. The molecule has 0 radical (unpaired) electrons. The van der Waals surface area contributed by atoms with Gasteiger partial charge in [-0.15, -0.1) is 0 Å². The highest BCUT2D eigenvalue weighted by Crippen LogP contribution is 2.54. The fourth-order valence-electron chi connectivity index (χ4n) is 7.67. The third-order valence-corrected chi connectivity index (χ3v) is 9.81. The lowest BCUT2D eigenvalue weighted by Crippen LogP contribution is -2.60. The Morgan fingerprint density at radius 3 is 1.98 bits per heavy atom. The summed E-state index contributed by atoms with van der Waals surface area (Å²) < 4.78 is 5.92. The summed E-state index contributed by atoms with van der Waals surface area (Å²) in [4.78, 5) is 27.9. The maximum atomic E-state index is 14.3. The van der Waals surface area contributed by atoms with Crippen molar-refractivity contribution in [2.24, 2.45) is 0 Å². The summed E-state index contributed by atoms with van der Waals surface area (Å²) in [5, 5.41) is 99.8. The predicted molar refractivity (Wildman–Crippen MR) is 166 cm³/mol. The molecule has 248 valence electrons. The zero-order valence-electron chi connectivity index (χ0n) is 25.6. The lowest BCUT2D eigenvalue weighted by Gasteiger charge is -2.45. The number of aryl methyl sites for hydroxylation is 2. The van der Waals surface area contributed by atoms with Crippen molar-refractivity contribution >= 4 is 11.6 Å². The van der Waals surface area contributed by atoms with Crippen LogP contribution in [0, 0.1) is 13.8 Å². The lowest BCUT2D eigenvalue weighted by atomic mass is 9.67. The SMILES string of the molecule is Cc1cc(O)c2c(c1)[C@H]([C@@H]1O[C@H](CO)[C@@H](O)[C@H](O)[C@H]1O)c1ccc([C@]3(O)c4cccc(O)c4C(=O)c4c(O)cc(C)cc43)c(O)c1C2=O. The Bertz CT molecular complexity index is 2050. The molecule has 12 nitrogen and oxygen atoms in total. The molecule has 0 saturated carbocycles. The van der Waals surface area contributed by atoms with Crippen molar-refractivity contribution < 1.29 is 60.3 Å². The third kappa shape index (κ3) is 4.18. The molecule has 0 bridgehead atoms. The largest absolute Gasteiger partial charge is 0.507 e. The summed E-state index contributed by atoms with van der Waals surface area (Å²) in [6.45, 7) is 2.55. The Labute approximate surface area is 273 Å². The van der Waals surface area contributed by atoms with Gasteiger partial charge in [0.1, 0.15) is 53.0 Å². The molecule has 0 spiro atoms. The van der Waals surface area contributed by atoms with Crippen LogP contribution in [0.5, 0.6) is 23.0 Å². The Morgan fingerprint density at radius 1 is 0.667 bits per heavy atom. The number of hydrogen-bond donors (Lipinski definition) is 9. The first-order chi connectivity index (χ1) is 22.7. The number of phenols is 4. The highest BCUT2D eigenvalue weighted by molar-refractivity contribution is 6.18. The molecule has 7 atom stereocenters. The van der Waals surface area contributed by atoms with E-state index in [0.29, 0.717) is 11.1 Å². The highest BCUT2D eigenvalue weighted by atomic mass is 16.5. The van der Waals surface area contributed by atoms with Gasteiger partial charge in [-0.05, 0) is 54.3 Å². The molecular formula is C36H32O12. The first-order valence-corrected chi connectivity index (χ1v) is 15.2. The summed E-state index contributed by atoms with van der Waals surface area (Å²) in [5.41, 5.74) is -3.03. The van der Waals surface area contributed by atoms with Crippen molar-refractivity contribution in [3.05, 3.63) is 116 Å². The molecule has 0 aromatic heterocycles. The predicted octanol–water partition coefficient (Wildman–Crippen LogP) is 1.47. The molecule has 1 aliphatic heterocycles. The van der Waals surface area contributed by atoms with Crippen LogP contribution in [-0.2, 0) is 10.3 Å². The summed E-state index contributed by atoms with van der Waals surface area (Å²) >= 11 is 0. The average molecular weight is 657 g/mol. The van der Waals surface area contributed by atoms with Gasteiger partial charge in [0.15, 0.2) is 0 Å². The second-order valence-corrected chi connectivity index (χ2v) is 12.7. The van der Waals surface area contributed by atoms with E-state index in [1.165, 1.54) is 48.5 Å². The van der Waals surface area contributed by atoms with Gasteiger partial charge in [0.2, 0.25) is 11.6 Å². The van der Waals surface area contributed by atoms with Crippen molar-refractivity contribution in [2.45, 2.75) is 55.9 Å². The number of aliphatic hydroxyl groups excluding tert-OH is 4. The van der Waals surface area contributed by atoms with E-state index in [9.17, 15) is 55.5 Å². The number of fused-ring (bicyclic) bond motifs is 4. The Morgan fingerprint density at radius 2 is 1.29 bits per heavy atom. The van der Waals surface area contributed by atoms with Gasteiger partial charge in [-0.25, -0.2) is 0 Å². The molecule has 0 amide bonds. The number of carbonyl (C=O) groups is 2. The van der Waals surface area contributed by atoms with Crippen LogP contribution in [-0.4, -0.2) is 94.7 Å². The van der Waals surface area contributed by atoms with Crippen LogP contribution >= 0.6 is 0 Å². The van der Waals surface area contributed by atoms with E-state index in [2.05, 4.69) is 0 Å². The highest BCUT2D eigenvalue weighted by Gasteiger charge is 2.52. The number of phenolic OH excluding ortho intramolecular Hbond substituents is 4. The van der Waals surface area contributed by atoms with Crippen molar-refractivity contribution in [3.63, 3.8) is 0 Å². The Hall–Kier alpha value is -4.82.